The summed E-state index contributed by atoms with van der Waals surface area (Å²) < 4.78 is 1.80. The van der Waals surface area contributed by atoms with Crippen LogP contribution in [0.15, 0.2) is 84.0 Å². The first kappa shape index (κ1) is 14.4. The van der Waals surface area contributed by atoms with E-state index < -0.39 is 0 Å². The third-order valence-electron chi connectivity index (χ3n) is 4.44. The summed E-state index contributed by atoms with van der Waals surface area (Å²) in [5.41, 5.74) is 6.20. The van der Waals surface area contributed by atoms with Crippen LogP contribution in [0.1, 0.15) is 16.4 Å². The standard InChI is InChI=1S/C20H14N4S/c1-2-8-14(9-3-1)24-20(21-22-23-24)25-19-17-12-6-4-10-15(17)16-11-5-7-13-18(16)19/h1-13,19H. The highest BCUT2D eigenvalue weighted by molar-refractivity contribution is 7.99. The maximum Gasteiger partial charge on any atom is 0.215 e. The number of rotatable bonds is 3. The van der Waals surface area contributed by atoms with E-state index >= 15 is 0 Å². The van der Waals surface area contributed by atoms with Crippen molar-refractivity contribution < 1.29 is 0 Å². The summed E-state index contributed by atoms with van der Waals surface area (Å²) in [6, 6.07) is 27.1. The fourth-order valence-corrected chi connectivity index (χ4v) is 4.53. The van der Waals surface area contributed by atoms with Crippen molar-refractivity contribution in [2.75, 3.05) is 0 Å². The number of aromatic nitrogens is 4. The van der Waals surface area contributed by atoms with Crippen molar-refractivity contribution in [1.29, 1.82) is 0 Å². The number of para-hydroxylation sites is 1. The molecule has 0 radical (unpaired) electrons. The van der Waals surface area contributed by atoms with Gasteiger partial charge >= 0.3 is 0 Å². The molecule has 1 aliphatic carbocycles. The summed E-state index contributed by atoms with van der Waals surface area (Å²) in [6.07, 6.45) is 0. The van der Waals surface area contributed by atoms with Crippen LogP contribution in [0.5, 0.6) is 0 Å². The Labute approximate surface area is 149 Å². The fourth-order valence-electron chi connectivity index (χ4n) is 3.33. The molecule has 0 amide bonds. The van der Waals surface area contributed by atoms with Gasteiger partial charge in [-0.05, 0) is 44.8 Å². The van der Waals surface area contributed by atoms with E-state index in [9.17, 15) is 0 Å². The van der Waals surface area contributed by atoms with Crippen molar-refractivity contribution in [1.82, 2.24) is 20.2 Å². The van der Waals surface area contributed by atoms with Gasteiger partial charge in [0.25, 0.3) is 0 Å². The van der Waals surface area contributed by atoms with Gasteiger partial charge in [0.15, 0.2) is 0 Å². The summed E-state index contributed by atoms with van der Waals surface area (Å²) >= 11 is 1.69. The number of fused-ring (bicyclic) bond motifs is 3. The molecule has 5 heteroatoms. The summed E-state index contributed by atoms with van der Waals surface area (Å²) in [7, 11) is 0. The van der Waals surface area contributed by atoms with E-state index in [1.165, 1.54) is 22.3 Å². The second kappa shape index (κ2) is 5.86. The van der Waals surface area contributed by atoms with Crippen molar-refractivity contribution >= 4 is 11.8 Å². The third-order valence-corrected chi connectivity index (χ3v) is 5.65. The molecule has 0 saturated carbocycles. The Morgan fingerprint density at radius 1 is 0.720 bits per heavy atom. The van der Waals surface area contributed by atoms with E-state index in [2.05, 4.69) is 64.1 Å². The summed E-state index contributed by atoms with van der Waals surface area (Å²) in [6.45, 7) is 0. The van der Waals surface area contributed by atoms with Crippen molar-refractivity contribution in [2.24, 2.45) is 0 Å². The van der Waals surface area contributed by atoms with Crippen LogP contribution in [0.25, 0.3) is 16.8 Å². The molecule has 1 aromatic heterocycles. The van der Waals surface area contributed by atoms with Gasteiger partial charge in [-0.3, -0.25) is 0 Å². The van der Waals surface area contributed by atoms with E-state index in [-0.39, 0.29) is 5.25 Å². The zero-order valence-corrected chi connectivity index (χ0v) is 14.1. The van der Waals surface area contributed by atoms with E-state index in [1.54, 1.807) is 16.4 Å². The second-order valence-electron chi connectivity index (χ2n) is 5.88. The number of hydrogen-bond donors (Lipinski definition) is 0. The van der Waals surface area contributed by atoms with Gasteiger partial charge in [-0.1, -0.05) is 78.5 Å². The highest BCUT2D eigenvalue weighted by Gasteiger charge is 2.30. The van der Waals surface area contributed by atoms with E-state index in [4.69, 9.17) is 0 Å². The molecule has 4 aromatic rings. The lowest BCUT2D eigenvalue weighted by molar-refractivity contribution is 0.755. The van der Waals surface area contributed by atoms with Crippen molar-refractivity contribution in [3.05, 3.63) is 90.0 Å². The minimum Gasteiger partial charge on any atom is -0.187 e. The largest absolute Gasteiger partial charge is 0.215 e. The van der Waals surface area contributed by atoms with Crippen molar-refractivity contribution in [3.8, 4) is 16.8 Å². The predicted octanol–water partition coefficient (Wildman–Crippen LogP) is 4.52. The van der Waals surface area contributed by atoms with Crippen LogP contribution in [-0.2, 0) is 0 Å². The molecule has 0 bridgehead atoms. The molecule has 1 aliphatic rings. The van der Waals surface area contributed by atoms with Gasteiger partial charge in [0, 0.05) is 0 Å². The SMILES string of the molecule is c1ccc(-n2nnnc2SC2c3ccccc3-c3ccccc32)cc1. The highest BCUT2D eigenvalue weighted by atomic mass is 32.2. The van der Waals surface area contributed by atoms with Crippen LogP contribution in [0, 0.1) is 0 Å². The van der Waals surface area contributed by atoms with E-state index in [0.29, 0.717) is 0 Å². The fraction of sp³-hybridized carbons (Fsp3) is 0.0500. The molecule has 5 rings (SSSR count). The molecule has 0 aliphatic heterocycles. The zero-order valence-electron chi connectivity index (χ0n) is 13.3. The molecule has 4 nitrogen and oxygen atoms in total. The molecule has 3 aromatic carbocycles. The van der Waals surface area contributed by atoms with Crippen LogP contribution in [0.2, 0.25) is 0 Å². The first-order valence-electron chi connectivity index (χ1n) is 8.10. The van der Waals surface area contributed by atoms with E-state index in [1.807, 2.05) is 30.3 Å². The van der Waals surface area contributed by atoms with Crippen LogP contribution >= 0.6 is 11.8 Å². The third kappa shape index (κ3) is 2.36. The van der Waals surface area contributed by atoms with Crippen LogP contribution < -0.4 is 0 Å². The molecular weight excluding hydrogens is 328 g/mol. The molecule has 0 atom stereocenters. The maximum atomic E-state index is 4.27. The first-order chi connectivity index (χ1) is 12.4. The smallest absolute Gasteiger partial charge is 0.187 e. The number of nitrogens with zero attached hydrogens (tertiary/aromatic N) is 4. The highest BCUT2D eigenvalue weighted by Crippen LogP contribution is 2.51. The van der Waals surface area contributed by atoms with Gasteiger partial charge in [-0.2, -0.15) is 4.68 Å². The quantitative estimate of drug-likeness (QED) is 0.549. The average Bonchev–Trinajstić information content (AvgIpc) is 3.27. The maximum absolute atomic E-state index is 4.27. The molecule has 0 spiro atoms. The molecule has 0 saturated heterocycles. The Morgan fingerprint density at radius 2 is 1.32 bits per heavy atom. The van der Waals surface area contributed by atoms with Gasteiger partial charge in [0.1, 0.15) is 0 Å². The van der Waals surface area contributed by atoms with Crippen LogP contribution in [0.3, 0.4) is 0 Å². The molecular formula is C20H14N4S. The normalized spacial score (nSPS) is 12.8. The lowest BCUT2D eigenvalue weighted by Gasteiger charge is -2.12. The monoisotopic (exact) mass is 342 g/mol. The summed E-state index contributed by atoms with van der Waals surface area (Å²) in [5, 5.41) is 13.3. The number of tetrazole rings is 1. The van der Waals surface area contributed by atoms with Crippen molar-refractivity contribution in [3.63, 3.8) is 0 Å². The van der Waals surface area contributed by atoms with Crippen LogP contribution in [-0.4, -0.2) is 20.2 Å². The Hall–Kier alpha value is -2.92. The van der Waals surface area contributed by atoms with Gasteiger partial charge < -0.3 is 0 Å². The molecule has 25 heavy (non-hydrogen) atoms. The lowest BCUT2D eigenvalue weighted by Crippen LogP contribution is -2.00. The molecule has 0 fully saturated rings. The Balaban J connectivity index is 1.59. The molecule has 1 heterocycles. The topological polar surface area (TPSA) is 43.6 Å². The Kier molecular flexibility index (Phi) is 3.38. The number of thioether (sulfide) groups is 1. The minimum absolute atomic E-state index is 0.195. The van der Waals surface area contributed by atoms with Crippen molar-refractivity contribution in [2.45, 2.75) is 10.4 Å². The lowest BCUT2D eigenvalue weighted by atomic mass is 10.1. The van der Waals surface area contributed by atoms with Gasteiger partial charge in [0.05, 0.1) is 10.9 Å². The Morgan fingerprint density at radius 3 is 2.00 bits per heavy atom. The molecule has 0 unspecified atom stereocenters. The molecule has 120 valence electrons. The first-order valence-corrected chi connectivity index (χ1v) is 8.98. The van der Waals surface area contributed by atoms with E-state index in [0.717, 1.165) is 10.8 Å². The predicted molar refractivity (Wildman–Crippen MR) is 98.7 cm³/mol. The Bertz CT molecular complexity index is 997. The summed E-state index contributed by atoms with van der Waals surface area (Å²) in [5.74, 6) is 0. The molecule has 0 N–H and O–H groups in total. The summed E-state index contributed by atoms with van der Waals surface area (Å²) in [4.78, 5) is 0. The zero-order chi connectivity index (χ0) is 16.6. The van der Waals surface area contributed by atoms with Crippen LogP contribution in [0.4, 0.5) is 0 Å². The second-order valence-corrected chi connectivity index (χ2v) is 6.95. The number of benzene rings is 3. The minimum atomic E-state index is 0.195. The van der Waals surface area contributed by atoms with Gasteiger partial charge in [-0.15, -0.1) is 5.10 Å². The average molecular weight is 342 g/mol. The van der Waals surface area contributed by atoms with Gasteiger partial charge in [0.2, 0.25) is 5.16 Å². The van der Waals surface area contributed by atoms with Gasteiger partial charge in [-0.25, -0.2) is 0 Å². The number of hydrogen-bond acceptors (Lipinski definition) is 4.